The average molecular weight is 527 g/mol. The first kappa shape index (κ1) is 30.8. The van der Waals surface area contributed by atoms with Crippen LogP contribution in [0.2, 0.25) is 0 Å². The molecule has 2 saturated heterocycles. The molecule has 3 heteroatoms. The predicted molar refractivity (Wildman–Crippen MR) is 168 cm³/mol. The number of hydrogen-bond acceptors (Lipinski definition) is 3. The Hall–Kier alpha value is -1.74. The minimum absolute atomic E-state index is 0. The summed E-state index contributed by atoms with van der Waals surface area (Å²) in [6.45, 7) is 22.3. The number of rotatable bonds is 13. The summed E-state index contributed by atoms with van der Waals surface area (Å²) in [5.41, 5.74) is 4.03. The molecule has 0 N–H and O–H groups in total. The summed E-state index contributed by atoms with van der Waals surface area (Å²) >= 11 is 0. The van der Waals surface area contributed by atoms with Crippen LogP contribution in [0.4, 0.5) is 0 Å². The van der Waals surface area contributed by atoms with Gasteiger partial charge in [-0.1, -0.05) is 109 Å². The molecule has 3 nitrogen and oxygen atoms in total. The second-order valence-corrected chi connectivity index (χ2v) is 12.5. The number of piperidine rings is 1. The molecule has 0 amide bonds. The van der Waals surface area contributed by atoms with E-state index in [0.29, 0.717) is 12.0 Å². The van der Waals surface area contributed by atoms with Crippen molar-refractivity contribution in [2.45, 2.75) is 123 Å². The monoisotopic (exact) mass is 526 g/mol. The number of benzene rings is 1. The minimum Gasteiger partial charge on any atom is -0.369 e. The lowest BCUT2D eigenvalue weighted by Crippen LogP contribution is -2.48. The average Bonchev–Trinajstić information content (AvgIpc) is 3.72. The van der Waals surface area contributed by atoms with E-state index in [1.165, 1.54) is 87.6 Å². The number of aryl methyl sites for hydroxylation is 1. The fourth-order valence-corrected chi connectivity index (χ4v) is 6.21. The van der Waals surface area contributed by atoms with Crippen molar-refractivity contribution in [1.82, 2.24) is 9.80 Å². The number of ether oxygens (including phenoxy) is 1. The Morgan fingerprint density at radius 3 is 2.34 bits per heavy atom. The highest BCUT2D eigenvalue weighted by Gasteiger charge is 2.50. The van der Waals surface area contributed by atoms with Gasteiger partial charge >= 0.3 is 0 Å². The van der Waals surface area contributed by atoms with Gasteiger partial charge in [0.15, 0.2) is 0 Å². The third-order valence-corrected chi connectivity index (χ3v) is 9.30. The largest absolute Gasteiger partial charge is 0.369 e. The zero-order valence-corrected chi connectivity index (χ0v) is 25.4. The third kappa shape index (κ3) is 9.47. The summed E-state index contributed by atoms with van der Waals surface area (Å²) in [6.07, 6.45) is 17.1. The van der Waals surface area contributed by atoms with Crippen molar-refractivity contribution >= 4 is 0 Å². The molecule has 0 aromatic heterocycles. The molecule has 2 heterocycles. The Morgan fingerprint density at radius 1 is 1.05 bits per heavy atom. The van der Waals surface area contributed by atoms with Crippen LogP contribution < -0.4 is 0 Å². The van der Waals surface area contributed by atoms with Crippen LogP contribution in [0.5, 0.6) is 0 Å². The van der Waals surface area contributed by atoms with Crippen LogP contribution in [0, 0.1) is 11.8 Å². The van der Waals surface area contributed by atoms with Crippen LogP contribution in [0.15, 0.2) is 54.9 Å². The molecule has 38 heavy (non-hydrogen) atoms. The Balaban J connectivity index is 0.00000125. The van der Waals surface area contributed by atoms with E-state index < -0.39 is 0 Å². The van der Waals surface area contributed by atoms with Gasteiger partial charge in [-0.2, -0.15) is 0 Å². The van der Waals surface area contributed by atoms with E-state index in [1.807, 2.05) is 0 Å². The normalized spacial score (nSPS) is 24.2. The van der Waals surface area contributed by atoms with Gasteiger partial charge < -0.3 is 14.5 Å². The van der Waals surface area contributed by atoms with Gasteiger partial charge in [0.2, 0.25) is 0 Å². The van der Waals surface area contributed by atoms with Crippen LogP contribution in [0.1, 0.15) is 113 Å². The molecule has 1 saturated carbocycles. The fraction of sp³-hybridized carbons (Fsp3) is 0.714. The SMILES string of the molecule is C=C(C(C)CCc1ccccc1)N(CCC1CCCCC1)CC(=C)N1CCCC[C@@H]1C1(C)CO1.CCCC.[HH].[HH]. The topological polar surface area (TPSA) is 19.0 Å². The number of likely N-dealkylation sites (tertiary alicyclic amines) is 1. The Kier molecular flexibility index (Phi) is 12.8. The van der Waals surface area contributed by atoms with Gasteiger partial charge in [0.1, 0.15) is 5.60 Å². The molecular weight excluding hydrogens is 464 g/mol. The second kappa shape index (κ2) is 15.8. The van der Waals surface area contributed by atoms with Crippen molar-refractivity contribution in [2.24, 2.45) is 11.8 Å². The molecule has 218 valence electrons. The summed E-state index contributed by atoms with van der Waals surface area (Å²) in [6, 6.07) is 11.4. The van der Waals surface area contributed by atoms with Crippen LogP contribution >= 0.6 is 0 Å². The Morgan fingerprint density at radius 2 is 1.71 bits per heavy atom. The lowest BCUT2D eigenvalue weighted by Gasteiger charge is -2.43. The molecule has 0 radical (unpaired) electrons. The first-order valence-electron chi connectivity index (χ1n) is 15.9. The molecule has 3 fully saturated rings. The van der Waals surface area contributed by atoms with E-state index in [4.69, 9.17) is 4.74 Å². The maximum Gasteiger partial charge on any atom is 0.109 e. The van der Waals surface area contributed by atoms with Crippen molar-refractivity contribution in [3.63, 3.8) is 0 Å². The number of epoxide rings is 1. The molecular formula is C35H62N2O. The van der Waals surface area contributed by atoms with Gasteiger partial charge in [-0.15, -0.1) is 0 Å². The second-order valence-electron chi connectivity index (χ2n) is 12.5. The third-order valence-electron chi connectivity index (χ3n) is 9.30. The Labute approximate surface area is 238 Å². The standard InChI is InChI=1S/C31H48N2O.C4H10.2H2/c1-25(18-19-28-13-7-5-8-14-28)27(3)32(22-20-29-15-9-6-10-16-29)23-26(2)33-21-12-11-17-30(33)31(4)24-34-31;1-3-4-2;;/h5,7-8,13-14,25,29-30H,2-3,6,9-12,15-24H2,1,4H3;3-4H2,1-2H3;2*1H/t25?,30-,31?;;;/m1.../s1. The molecule has 1 aliphatic carbocycles. The highest BCUT2D eigenvalue weighted by atomic mass is 16.6. The molecule has 4 rings (SSSR count). The van der Waals surface area contributed by atoms with Crippen molar-refractivity contribution in [1.29, 1.82) is 0 Å². The highest BCUT2D eigenvalue weighted by molar-refractivity contribution is 5.16. The molecule has 0 spiro atoms. The number of hydrogen-bond donors (Lipinski definition) is 0. The molecule has 1 aromatic carbocycles. The summed E-state index contributed by atoms with van der Waals surface area (Å²) in [7, 11) is 0. The lowest BCUT2D eigenvalue weighted by molar-refractivity contribution is 0.103. The van der Waals surface area contributed by atoms with E-state index in [-0.39, 0.29) is 8.45 Å². The number of allylic oxidation sites excluding steroid dienone is 1. The van der Waals surface area contributed by atoms with Crippen LogP contribution in [0.3, 0.4) is 0 Å². The maximum atomic E-state index is 5.89. The molecule has 3 atom stereocenters. The summed E-state index contributed by atoms with van der Waals surface area (Å²) in [5, 5.41) is 0. The van der Waals surface area contributed by atoms with Crippen LogP contribution in [0.25, 0.3) is 0 Å². The molecule has 2 aliphatic heterocycles. The number of unbranched alkanes of at least 4 members (excludes halogenated alkanes) is 1. The van der Waals surface area contributed by atoms with E-state index >= 15 is 0 Å². The molecule has 0 bridgehead atoms. The minimum atomic E-state index is 0. The van der Waals surface area contributed by atoms with Crippen molar-refractivity contribution in [3.05, 3.63) is 60.4 Å². The van der Waals surface area contributed by atoms with Gasteiger partial charge in [0, 0.05) is 27.3 Å². The van der Waals surface area contributed by atoms with E-state index in [2.05, 4.69) is 81.0 Å². The molecule has 2 unspecified atom stereocenters. The van der Waals surface area contributed by atoms with Gasteiger partial charge in [-0.3, -0.25) is 0 Å². The van der Waals surface area contributed by atoms with E-state index in [1.54, 1.807) is 0 Å². The summed E-state index contributed by atoms with van der Waals surface area (Å²) in [5.74, 6) is 1.36. The predicted octanol–water partition coefficient (Wildman–Crippen LogP) is 9.50. The first-order valence-corrected chi connectivity index (χ1v) is 15.9. The van der Waals surface area contributed by atoms with Crippen molar-refractivity contribution in [2.75, 3.05) is 26.2 Å². The summed E-state index contributed by atoms with van der Waals surface area (Å²) in [4.78, 5) is 5.18. The lowest BCUT2D eigenvalue weighted by atomic mass is 9.86. The van der Waals surface area contributed by atoms with E-state index in [9.17, 15) is 0 Å². The van der Waals surface area contributed by atoms with Crippen molar-refractivity contribution in [3.8, 4) is 0 Å². The zero-order valence-electron chi connectivity index (χ0n) is 25.4. The van der Waals surface area contributed by atoms with Crippen molar-refractivity contribution < 1.29 is 7.59 Å². The highest BCUT2D eigenvalue weighted by Crippen LogP contribution is 2.39. The van der Waals surface area contributed by atoms with E-state index in [0.717, 1.165) is 45.0 Å². The van der Waals surface area contributed by atoms with Gasteiger partial charge in [-0.05, 0) is 62.8 Å². The maximum absolute atomic E-state index is 5.89. The smallest absolute Gasteiger partial charge is 0.109 e. The Bertz CT molecular complexity index is 833. The van der Waals surface area contributed by atoms with Crippen LogP contribution in [-0.4, -0.2) is 47.7 Å². The number of nitrogens with zero attached hydrogens (tertiary/aromatic N) is 2. The first-order chi connectivity index (χ1) is 18.4. The zero-order chi connectivity index (χ0) is 27.4. The van der Waals surface area contributed by atoms with Crippen LogP contribution in [-0.2, 0) is 11.2 Å². The molecule has 1 aromatic rings. The quantitative estimate of drug-likeness (QED) is 0.238. The van der Waals surface area contributed by atoms with Gasteiger partial charge in [0.25, 0.3) is 0 Å². The van der Waals surface area contributed by atoms with Gasteiger partial charge in [-0.25, -0.2) is 0 Å². The summed E-state index contributed by atoms with van der Waals surface area (Å²) < 4.78 is 5.89. The molecule has 3 aliphatic rings. The fourth-order valence-electron chi connectivity index (χ4n) is 6.21. The van der Waals surface area contributed by atoms with Gasteiger partial charge in [0.05, 0.1) is 19.2 Å².